The third kappa shape index (κ3) is 2.47. The van der Waals surface area contributed by atoms with E-state index >= 15 is 0 Å². The lowest BCUT2D eigenvalue weighted by atomic mass is 10.3. The van der Waals surface area contributed by atoms with E-state index in [1.807, 2.05) is 32.2 Å². The SMILES string of the molecule is CCc1nn(C)c(Nc2cc(Cl)ccc2Br)c1N. The maximum Gasteiger partial charge on any atom is 0.152 e. The summed E-state index contributed by atoms with van der Waals surface area (Å²) in [5.74, 6) is 0.773. The van der Waals surface area contributed by atoms with Crippen molar-refractivity contribution in [1.82, 2.24) is 9.78 Å². The van der Waals surface area contributed by atoms with Crippen LogP contribution in [0.1, 0.15) is 12.6 Å². The van der Waals surface area contributed by atoms with E-state index in [1.54, 1.807) is 4.68 Å². The highest BCUT2D eigenvalue weighted by Gasteiger charge is 2.13. The van der Waals surface area contributed by atoms with Crippen LogP contribution in [0, 0.1) is 0 Å². The third-order valence-corrected chi connectivity index (χ3v) is 3.60. The number of nitrogen functional groups attached to an aromatic ring is 1. The normalized spacial score (nSPS) is 10.7. The zero-order valence-electron chi connectivity index (χ0n) is 10.2. The molecule has 0 fully saturated rings. The molecular formula is C12H14BrClN4. The molecular weight excluding hydrogens is 316 g/mol. The zero-order valence-corrected chi connectivity index (χ0v) is 12.5. The number of halogens is 2. The minimum absolute atomic E-state index is 0.664. The number of anilines is 3. The summed E-state index contributed by atoms with van der Waals surface area (Å²) in [5, 5.41) is 8.27. The average Bonchev–Trinajstić information content (AvgIpc) is 2.61. The van der Waals surface area contributed by atoms with Gasteiger partial charge in [-0.3, -0.25) is 4.68 Å². The number of rotatable bonds is 3. The van der Waals surface area contributed by atoms with Crippen molar-refractivity contribution in [3.8, 4) is 0 Å². The van der Waals surface area contributed by atoms with E-state index in [0.717, 1.165) is 28.1 Å². The molecule has 0 atom stereocenters. The number of nitrogens with two attached hydrogens (primary N) is 1. The number of hydrogen-bond acceptors (Lipinski definition) is 3. The van der Waals surface area contributed by atoms with Crippen molar-refractivity contribution in [1.29, 1.82) is 0 Å². The van der Waals surface area contributed by atoms with Crippen LogP contribution < -0.4 is 11.1 Å². The first-order chi connectivity index (χ1) is 8.52. The van der Waals surface area contributed by atoms with Gasteiger partial charge in [-0.05, 0) is 40.5 Å². The topological polar surface area (TPSA) is 55.9 Å². The standard InChI is InChI=1S/C12H14BrClN4/c1-3-9-11(15)12(18(2)17-9)16-10-6-7(14)4-5-8(10)13/h4-6,16H,3,15H2,1-2H3. The third-order valence-electron chi connectivity index (χ3n) is 2.68. The lowest BCUT2D eigenvalue weighted by Gasteiger charge is -2.10. The first-order valence-corrected chi connectivity index (χ1v) is 6.73. The van der Waals surface area contributed by atoms with Gasteiger partial charge in [-0.2, -0.15) is 5.10 Å². The molecule has 0 saturated heterocycles. The summed E-state index contributed by atoms with van der Waals surface area (Å²) in [6.07, 6.45) is 0.804. The first-order valence-electron chi connectivity index (χ1n) is 5.56. The first kappa shape index (κ1) is 13.2. The van der Waals surface area contributed by atoms with E-state index in [0.29, 0.717) is 10.7 Å². The summed E-state index contributed by atoms with van der Waals surface area (Å²) in [6.45, 7) is 2.03. The largest absolute Gasteiger partial charge is 0.394 e. The molecule has 0 unspecified atom stereocenters. The summed E-state index contributed by atoms with van der Waals surface area (Å²) in [7, 11) is 1.86. The Morgan fingerprint density at radius 2 is 2.22 bits per heavy atom. The van der Waals surface area contributed by atoms with Crippen LogP contribution in [0.15, 0.2) is 22.7 Å². The Kier molecular flexibility index (Phi) is 3.82. The highest BCUT2D eigenvalue weighted by atomic mass is 79.9. The summed E-state index contributed by atoms with van der Waals surface area (Å²) >= 11 is 9.45. The summed E-state index contributed by atoms with van der Waals surface area (Å²) in [4.78, 5) is 0. The van der Waals surface area contributed by atoms with Gasteiger partial charge in [0.15, 0.2) is 5.82 Å². The van der Waals surface area contributed by atoms with Crippen molar-refractivity contribution in [3.05, 3.63) is 33.4 Å². The molecule has 0 saturated carbocycles. The molecule has 1 heterocycles. The Morgan fingerprint density at radius 1 is 1.50 bits per heavy atom. The van der Waals surface area contributed by atoms with E-state index in [4.69, 9.17) is 17.3 Å². The van der Waals surface area contributed by atoms with Crippen molar-refractivity contribution < 1.29 is 0 Å². The number of nitrogens with one attached hydrogen (secondary N) is 1. The van der Waals surface area contributed by atoms with Gasteiger partial charge < -0.3 is 11.1 Å². The summed E-state index contributed by atoms with van der Waals surface area (Å²) in [5.41, 5.74) is 8.48. The van der Waals surface area contributed by atoms with Crippen LogP contribution in [0.2, 0.25) is 5.02 Å². The van der Waals surface area contributed by atoms with Crippen LogP contribution in [0.5, 0.6) is 0 Å². The molecule has 0 radical (unpaired) electrons. The minimum Gasteiger partial charge on any atom is -0.394 e. The molecule has 0 aliphatic rings. The zero-order chi connectivity index (χ0) is 13.3. The monoisotopic (exact) mass is 328 g/mol. The van der Waals surface area contributed by atoms with Crippen LogP contribution in [-0.2, 0) is 13.5 Å². The molecule has 2 aromatic rings. The second kappa shape index (κ2) is 5.20. The van der Waals surface area contributed by atoms with E-state index in [9.17, 15) is 0 Å². The Bertz CT molecular complexity index is 580. The fourth-order valence-corrected chi connectivity index (χ4v) is 2.24. The molecule has 0 aliphatic heterocycles. The molecule has 96 valence electrons. The Labute approximate surface area is 119 Å². The number of aryl methyl sites for hydroxylation is 2. The van der Waals surface area contributed by atoms with Gasteiger partial charge >= 0.3 is 0 Å². The molecule has 0 spiro atoms. The van der Waals surface area contributed by atoms with Crippen molar-refractivity contribution in [2.75, 3.05) is 11.1 Å². The van der Waals surface area contributed by atoms with Gasteiger partial charge in [0, 0.05) is 16.5 Å². The second-order valence-electron chi connectivity index (χ2n) is 3.94. The van der Waals surface area contributed by atoms with Crippen molar-refractivity contribution in [3.63, 3.8) is 0 Å². The highest BCUT2D eigenvalue weighted by molar-refractivity contribution is 9.10. The molecule has 1 aromatic heterocycles. The highest BCUT2D eigenvalue weighted by Crippen LogP contribution is 2.32. The minimum atomic E-state index is 0.664. The van der Waals surface area contributed by atoms with E-state index < -0.39 is 0 Å². The average molecular weight is 330 g/mol. The molecule has 6 heteroatoms. The predicted octanol–water partition coefficient (Wildman–Crippen LogP) is 3.72. The van der Waals surface area contributed by atoms with Gasteiger partial charge in [0.1, 0.15) is 0 Å². The predicted molar refractivity (Wildman–Crippen MR) is 79.4 cm³/mol. The number of hydrogen-bond donors (Lipinski definition) is 2. The van der Waals surface area contributed by atoms with E-state index in [-0.39, 0.29) is 0 Å². The van der Waals surface area contributed by atoms with Gasteiger partial charge in [-0.1, -0.05) is 18.5 Å². The van der Waals surface area contributed by atoms with Gasteiger partial charge in [-0.15, -0.1) is 0 Å². The number of benzene rings is 1. The quantitative estimate of drug-likeness (QED) is 0.902. The fourth-order valence-electron chi connectivity index (χ4n) is 1.73. The molecule has 1 aromatic carbocycles. The van der Waals surface area contributed by atoms with Crippen LogP contribution >= 0.6 is 27.5 Å². The summed E-state index contributed by atoms with van der Waals surface area (Å²) in [6, 6.07) is 5.54. The Morgan fingerprint density at radius 3 is 2.83 bits per heavy atom. The number of aromatic nitrogens is 2. The van der Waals surface area contributed by atoms with E-state index in [1.165, 1.54) is 0 Å². The smallest absolute Gasteiger partial charge is 0.152 e. The molecule has 18 heavy (non-hydrogen) atoms. The van der Waals surface area contributed by atoms with Crippen LogP contribution in [-0.4, -0.2) is 9.78 Å². The maximum absolute atomic E-state index is 6.06. The number of nitrogens with zero attached hydrogens (tertiary/aromatic N) is 2. The van der Waals surface area contributed by atoms with Crippen LogP contribution in [0.4, 0.5) is 17.2 Å². The molecule has 3 N–H and O–H groups in total. The Hall–Kier alpha value is -1.20. The molecule has 4 nitrogen and oxygen atoms in total. The lowest BCUT2D eigenvalue weighted by Crippen LogP contribution is -2.01. The molecule has 2 rings (SSSR count). The van der Waals surface area contributed by atoms with Crippen molar-refractivity contribution in [2.45, 2.75) is 13.3 Å². The van der Waals surface area contributed by atoms with Crippen molar-refractivity contribution >= 4 is 44.7 Å². The van der Waals surface area contributed by atoms with Crippen molar-refractivity contribution in [2.24, 2.45) is 7.05 Å². The molecule has 0 amide bonds. The van der Waals surface area contributed by atoms with Crippen LogP contribution in [0.25, 0.3) is 0 Å². The molecule has 0 bridgehead atoms. The van der Waals surface area contributed by atoms with E-state index in [2.05, 4.69) is 26.3 Å². The Balaban J connectivity index is 2.39. The van der Waals surface area contributed by atoms with Gasteiger partial charge in [0.25, 0.3) is 0 Å². The fraction of sp³-hybridized carbons (Fsp3) is 0.250. The van der Waals surface area contributed by atoms with Crippen LogP contribution in [0.3, 0.4) is 0 Å². The van der Waals surface area contributed by atoms with Gasteiger partial charge in [0.2, 0.25) is 0 Å². The second-order valence-corrected chi connectivity index (χ2v) is 5.23. The van der Waals surface area contributed by atoms with Gasteiger partial charge in [0.05, 0.1) is 17.1 Å². The lowest BCUT2D eigenvalue weighted by molar-refractivity contribution is 0.753. The molecule has 0 aliphatic carbocycles. The van der Waals surface area contributed by atoms with Gasteiger partial charge in [-0.25, -0.2) is 0 Å². The maximum atomic E-state index is 6.06. The summed E-state index contributed by atoms with van der Waals surface area (Å²) < 4.78 is 2.66.